The molecule has 2 atom stereocenters. The number of carbonyl (C=O) groups is 4. The summed E-state index contributed by atoms with van der Waals surface area (Å²) >= 11 is 0. The van der Waals surface area contributed by atoms with E-state index in [2.05, 4.69) is 5.32 Å². The SMILES string of the molecule is CC(=O)NCC(=O)N1CC(C(=O)O)CC1C(=O)O. The van der Waals surface area contributed by atoms with E-state index < -0.39 is 35.7 Å². The number of nitrogens with zero attached hydrogens (tertiary/aromatic N) is 1. The second-order valence-corrected chi connectivity index (χ2v) is 4.08. The van der Waals surface area contributed by atoms with Crippen LogP contribution in [0.15, 0.2) is 0 Å². The van der Waals surface area contributed by atoms with Crippen LogP contribution in [0.25, 0.3) is 0 Å². The number of carbonyl (C=O) groups excluding carboxylic acids is 2. The number of nitrogens with one attached hydrogen (secondary N) is 1. The smallest absolute Gasteiger partial charge is 0.326 e. The number of hydrogen-bond donors (Lipinski definition) is 3. The van der Waals surface area contributed by atoms with Gasteiger partial charge in [-0.05, 0) is 6.42 Å². The normalized spacial score (nSPS) is 22.6. The number of carboxylic acid groups (broad SMARTS) is 2. The number of amides is 2. The molecule has 0 aromatic carbocycles. The van der Waals surface area contributed by atoms with Crippen LogP contribution in [-0.4, -0.2) is 58.0 Å². The van der Waals surface area contributed by atoms with Gasteiger partial charge in [-0.25, -0.2) is 4.79 Å². The molecule has 100 valence electrons. The van der Waals surface area contributed by atoms with Crippen LogP contribution in [0.1, 0.15) is 13.3 Å². The molecule has 1 saturated heterocycles. The van der Waals surface area contributed by atoms with E-state index in [1.165, 1.54) is 6.92 Å². The summed E-state index contributed by atoms with van der Waals surface area (Å²) in [7, 11) is 0. The van der Waals surface area contributed by atoms with Crippen molar-refractivity contribution < 1.29 is 29.4 Å². The predicted molar refractivity (Wildman–Crippen MR) is 57.6 cm³/mol. The number of likely N-dealkylation sites (tertiary alicyclic amines) is 1. The molecule has 2 amide bonds. The topological polar surface area (TPSA) is 124 Å². The number of hydrogen-bond acceptors (Lipinski definition) is 4. The fourth-order valence-electron chi connectivity index (χ4n) is 1.83. The van der Waals surface area contributed by atoms with Crippen LogP contribution >= 0.6 is 0 Å². The zero-order chi connectivity index (χ0) is 13.9. The molecule has 8 nitrogen and oxygen atoms in total. The van der Waals surface area contributed by atoms with Gasteiger partial charge in [0.05, 0.1) is 12.5 Å². The number of rotatable bonds is 4. The van der Waals surface area contributed by atoms with E-state index in [9.17, 15) is 19.2 Å². The molecule has 1 heterocycles. The molecule has 3 N–H and O–H groups in total. The zero-order valence-corrected chi connectivity index (χ0v) is 9.75. The lowest BCUT2D eigenvalue weighted by atomic mass is 10.1. The van der Waals surface area contributed by atoms with E-state index >= 15 is 0 Å². The summed E-state index contributed by atoms with van der Waals surface area (Å²) in [5.41, 5.74) is 0. The van der Waals surface area contributed by atoms with Crippen LogP contribution in [0.2, 0.25) is 0 Å². The van der Waals surface area contributed by atoms with E-state index in [0.29, 0.717) is 0 Å². The van der Waals surface area contributed by atoms with Gasteiger partial charge in [0, 0.05) is 13.5 Å². The van der Waals surface area contributed by atoms with Crippen molar-refractivity contribution in [2.45, 2.75) is 19.4 Å². The van der Waals surface area contributed by atoms with Gasteiger partial charge in [0.2, 0.25) is 11.8 Å². The van der Waals surface area contributed by atoms with E-state index in [4.69, 9.17) is 10.2 Å². The number of aliphatic carboxylic acids is 2. The summed E-state index contributed by atoms with van der Waals surface area (Å²) in [6, 6.07) is -1.15. The summed E-state index contributed by atoms with van der Waals surface area (Å²) in [5, 5.41) is 20.0. The summed E-state index contributed by atoms with van der Waals surface area (Å²) < 4.78 is 0. The predicted octanol–water partition coefficient (Wildman–Crippen LogP) is -1.49. The van der Waals surface area contributed by atoms with Crippen molar-refractivity contribution in [3.63, 3.8) is 0 Å². The van der Waals surface area contributed by atoms with Gasteiger partial charge >= 0.3 is 11.9 Å². The maximum absolute atomic E-state index is 11.7. The Hall–Kier alpha value is -2.12. The van der Waals surface area contributed by atoms with Gasteiger partial charge in [0.1, 0.15) is 6.04 Å². The Morgan fingerprint density at radius 3 is 2.28 bits per heavy atom. The number of carboxylic acids is 2. The maximum Gasteiger partial charge on any atom is 0.326 e. The van der Waals surface area contributed by atoms with Crippen molar-refractivity contribution in [1.82, 2.24) is 10.2 Å². The van der Waals surface area contributed by atoms with E-state index in [0.717, 1.165) is 4.90 Å². The Kier molecular flexibility index (Phi) is 4.24. The summed E-state index contributed by atoms with van der Waals surface area (Å²) in [6.07, 6.45) is -0.115. The summed E-state index contributed by atoms with van der Waals surface area (Å²) in [5.74, 6) is -4.26. The third-order valence-corrected chi connectivity index (χ3v) is 2.74. The average molecular weight is 258 g/mol. The standard InChI is InChI=1S/C10H14N2O6/c1-5(13)11-3-8(14)12-4-6(9(15)16)2-7(12)10(17)18/h6-7H,2-4H2,1H3,(H,11,13)(H,15,16)(H,17,18). The highest BCUT2D eigenvalue weighted by atomic mass is 16.4. The molecule has 2 unspecified atom stereocenters. The monoisotopic (exact) mass is 258 g/mol. The molecule has 0 aliphatic carbocycles. The van der Waals surface area contributed by atoms with Crippen molar-refractivity contribution in [3.8, 4) is 0 Å². The fraction of sp³-hybridized carbons (Fsp3) is 0.600. The highest BCUT2D eigenvalue weighted by Crippen LogP contribution is 2.23. The molecule has 0 aromatic rings. The quantitative estimate of drug-likeness (QED) is 0.564. The fourth-order valence-corrected chi connectivity index (χ4v) is 1.83. The Labute approximate surface area is 103 Å². The van der Waals surface area contributed by atoms with Crippen molar-refractivity contribution in [2.75, 3.05) is 13.1 Å². The van der Waals surface area contributed by atoms with Crippen LogP contribution in [0.3, 0.4) is 0 Å². The minimum atomic E-state index is -1.24. The van der Waals surface area contributed by atoms with Crippen molar-refractivity contribution in [2.24, 2.45) is 5.92 Å². The molecular formula is C10H14N2O6. The minimum absolute atomic E-state index is 0.115. The van der Waals surface area contributed by atoms with Crippen LogP contribution in [0, 0.1) is 5.92 Å². The first-order valence-corrected chi connectivity index (χ1v) is 5.32. The van der Waals surface area contributed by atoms with Gasteiger partial charge in [0.15, 0.2) is 0 Å². The first-order chi connectivity index (χ1) is 8.32. The Morgan fingerprint density at radius 2 is 1.83 bits per heavy atom. The lowest BCUT2D eigenvalue weighted by Gasteiger charge is -2.21. The van der Waals surface area contributed by atoms with Gasteiger partial charge in [-0.15, -0.1) is 0 Å². The molecule has 0 spiro atoms. The maximum atomic E-state index is 11.7. The minimum Gasteiger partial charge on any atom is -0.481 e. The molecule has 0 saturated carbocycles. The summed E-state index contributed by atoms with van der Waals surface area (Å²) in [4.78, 5) is 45.1. The van der Waals surface area contributed by atoms with Crippen LogP contribution in [0.4, 0.5) is 0 Å². The largest absolute Gasteiger partial charge is 0.481 e. The highest BCUT2D eigenvalue weighted by Gasteiger charge is 2.42. The van der Waals surface area contributed by atoms with Crippen LogP contribution < -0.4 is 5.32 Å². The molecule has 18 heavy (non-hydrogen) atoms. The highest BCUT2D eigenvalue weighted by molar-refractivity contribution is 5.89. The molecule has 1 fully saturated rings. The molecule has 0 radical (unpaired) electrons. The van der Waals surface area contributed by atoms with Gasteiger partial charge < -0.3 is 20.4 Å². The van der Waals surface area contributed by atoms with E-state index in [1.54, 1.807) is 0 Å². The van der Waals surface area contributed by atoms with Gasteiger partial charge in [-0.2, -0.15) is 0 Å². The molecular weight excluding hydrogens is 244 g/mol. The van der Waals surface area contributed by atoms with Crippen molar-refractivity contribution in [1.29, 1.82) is 0 Å². The van der Waals surface area contributed by atoms with Gasteiger partial charge in [-0.3, -0.25) is 14.4 Å². The molecule has 1 aliphatic heterocycles. The second kappa shape index (κ2) is 5.48. The summed E-state index contributed by atoms with van der Waals surface area (Å²) in [6.45, 7) is 0.752. The molecule has 0 bridgehead atoms. The van der Waals surface area contributed by atoms with Gasteiger partial charge in [0.25, 0.3) is 0 Å². The van der Waals surface area contributed by atoms with Crippen LogP contribution in [-0.2, 0) is 19.2 Å². The van der Waals surface area contributed by atoms with E-state index in [1.807, 2.05) is 0 Å². The first kappa shape index (κ1) is 13.9. The molecule has 1 aliphatic rings. The molecule has 1 rings (SSSR count). The van der Waals surface area contributed by atoms with Crippen LogP contribution in [0.5, 0.6) is 0 Å². The van der Waals surface area contributed by atoms with Crippen molar-refractivity contribution in [3.05, 3.63) is 0 Å². The molecule has 8 heteroatoms. The van der Waals surface area contributed by atoms with Gasteiger partial charge in [-0.1, -0.05) is 0 Å². The average Bonchev–Trinajstić information content (AvgIpc) is 2.70. The first-order valence-electron chi connectivity index (χ1n) is 5.32. The third-order valence-electron chi connectivity index (χ3n) is 2.74. The lowest BCUT2D eigenvalue weighted by molar-refractivity contribution is -0.148. The Balaban J connectivity index is 2.72. The Morgan fingerprint density at radius 1 is 1.22 bits per heavy atom. The van der Waals surface area contributed by atoms with E-state index in [-0.39, 0.29) is 19.5 Å². The lowest BCUT2D eigenvalue weighted by Crippen LogP contribution is -2.45. The van der Waals surface area contributed by atoms with Crippen molar-refractivity contribution >= 4 is 23.8 Å². The molecule has 0 aromatic heterocycles. The Bertz CT molecular complexity index is 394. The third kappa shape index (κ3) is 3.19. The zero-order valence-electron chi connectivity index (χ0n) is 9.75. The second-order valence-electron chi connectivity index (χ2n) is 4.08.